The second-order valence-corrected chi connectivity index (χ2v) is 5.66. The maximum Gasteiger partial charge on any atom is 0.264 e. The van der Waals surface area contributed by atoms with Gasteiger partial charge in [-0.2, -0.15) is 10.5 Å². The van der Waals surface area contributed by atoms with E-state index in [-0.39, 0.29) is 5.91 Å². The predicted octanol–water partition coefficient (Wildman–Crippen LogP) is 2.51. The van der Waals surface area contributed by atoms with Crippen LogP contribution in [0.5, 0.6) is 0 Å². The number of nitriles is 2. The first kappa shape index (κ1) is 13.6. The molecule has 19 heavy (non-hydrogen) atoms. The number of rotatable bonds is 5. The van der Waals surface area contributed by atoms with Gasteiger partial charge in [0.2, 0.25) is 0 Å². The molecule has 1 aromatic rings. The molecule has 0 fully saturated rings. The lowest BCUT2D eigenvalue weighted by molar-refractivity contribution is 0.0767. The van der Waals surface area contributed by atoms with Gasteiger partial charge in [-0.05, 0) is 30.9 Å². The molecule has 2 rings (SSSR count). The van der Waals surface area contributed by atoms with Gasteiger partial charge in [0, 0.05) is 18.0 Å². The summed E-state index contributed by atoms with van der Waals surface area (Å²) in [5.41, 5.74) is 1.30. The second kappa shape index (κ2) is 6.36. The molecule has 0 spiro atoms. The highest BCUT2D eigenvalue weighted by molar-refractivity contribution is 7.14. The fourth-order valence-electron chi connectivity index (χ4n) is 2.28. The van der Waals surface area contributed by atoms with E-state index in [0.29, 0.717) is 25.9 Å². The van der Waals surface area contributed by atoms with Crippen molar-refractivity contribution in [1.29, 1.82) is 10.5 Å². The molecule has 0 aliphatic heterocycles. The van der Waals surface area contributed by atoms with Crippen molar-refractivity contribution in [2.75, 3.05) is 13.1 Å². The van der Waals surface area contributed by atoms with Crippen LogP contribution in [-0.2, 0) is 12.8 Å². The van der Waals surface area contributed by atoms with E-state index < -0.39 is 0 Å². The normalized spacial score (nSPS) is 12.5. The van der Waals surface area contributed by atoms with Crippen molar-refractivity contribution in [3.8, 4) is 12.1 Å². The average Bonchev–Trinajstić information content (AvgIpc) is 2.99. The molecule has 0 N–H and O–H groups in total. The van der Waals surface area contributed by atoms with Crippen molar-refractivity contribution in [1.82, 2.24) is 4.90 Å². The zero-order chi connectivity index (χ0) is 13.7. The third-order valence-corrected chi connectivity index (χ3v) is 4.46. The minimum absolute atomic E-state index is 0.0371. The topological polar surface area (TPSA) is 67.9 Å². The molecule has 0 bridgehead atoms. The summed E-state index contributed by atoms with van der Waals surface area (Å²) in [4.78, 5) is 16.1. The Bertz CT molecular complexity index is 511. The van der Waals surface area contributed by atoms with Gasteiger partial charge in [0.1, 0.15) is 0 Å². The highest BCUT2D eigenvalue weighted by atomic mass is 32.1. The Labute approximate surface area is 116 Å². The summed E-state index contributed by atoms with van der Waals surface area (Å²) in [7, 11) is 0. The second-order valence-electron chi connectivity index (χ2n) is 4.52. The molecule has 0 unspecified atom stereocenters. The lowest BCUT2D eigenvalue weighted by Gasteiger charge is -2.19. The number of carbonyl (C=O) groups is 1. The van der Waals surface area contributed by atoms with Crippen LogP contribution < -0.4 is 0 Å². The van der Waals surface area contributed by atoms with Crippen molar-refractivity contribution < 1.29 is 4.79 Å². The van der Waals surface area contributed by atoms with Gasteiger partial charge in [0.15, 0.2) is 0 Å². The van der Waals surface area contributed by atoms with Crippen LogP contribution in [0.3, 0.4) is 0 Å². The predicted molar refractivity (Wildman–Crippen MR) is 72.7 cm³/mol. The molecule has 0 atom stereocenters. The van der Waals surface area contributed by atoms with Crippen molar-refractivity contribution in [3.05, 3.63) is 21.4 Å². The summed E-state index contributed by atoms with van der Waals surface area (Å²) in [6.45, 7) is 0.805. The molecule has 0 aromatic carbocycles. The lowest BCUT2D eigenvalue weighted by Crippen LogP contribution is -2.32. The molecule has 1 aliphatic carbocycles. The molecular formula is C14H15N3OS. The fourth-order valence-corrected chi connectivity index (χ4v) is 3.50. The monoisotopic (exact) mass is 273 g/mol. The molecule has 98 valence electrons. The van der Waals surface area contributed by atoms with Crippen LogP contribution in [0.4, 0.5) is 0 Å². The van der Waals surface area contributed by atoms with Crippen LogP contribution in [-0.4, -0.2) is 23.9 Å². The molecule has 4 nitrogen and oxygen atoms in total. The van der Waals surface area contributed by atoms with Gasteiger partial charge in [-0.3, -0.25) is 4.79 Å². The van der Waals surface area contributed by atoms with E-state index in [1.165, 1.54) is 16.9 Å². The van der Waals surface area contributed by atoms with E-state index in [0.717, 1.165) is 17.7 Å². The Morgan fingerprint density at radius 1 is 1.26 bits per heavy atom. The number of aryl methyl sites for hydroxylation is 2. The summed E-state index contributed by atoms with van der Waals surface area (Å²) in [6, 6.07) is 6.08. The minimum Gasteiger partial charge on any atom is -0.336 e. The Hall–Kier alpha value is -1.85. The van der Waals surface area contributed by atoms with Gasteiger partial charge < -0.3 is 4.90 Å². The molecule has 5 heteroatoms. The number of carbonyl (C=O) groups excluding carboxylic acids is 1. The van der Waals surface area contributed by atoms with Crippen LogP contribution in [0, 0.1) is 22.7 Å². The van der Waals surface area contributed by atoms with E-state index >= 15 is 0 Å². The Morgan fingerprint density at radius 3 is 2.53 bits per heavy atom. The van der Waals surface area contributed by atoms with Crippen molar-refractivity contribution in [2.45, 2.75) is 32.1 Å². The number of amides is 1. The molecule has 0 saturated heterocycles. The molecule has 0 saturated carbocycles. The zero-order valence-electron chi connectivity index (χ0n) is 10.7. The number of nitrogens with zero attached hydrogens (tertiary/aromatic N) is 3. The van der Waals surface area contributed by atoms with Crippen LogP contribution in [0.25, 0.3) is 0 Å². The first-order chi connectivity index (χ1) is 9.26. The highest BCUT2D eigenvalue weighted by Crippen LogP contribution is 2.31. The van der Waals surface area contributed by atoms with Crippen LogP contribution in [0.15, 0.2) is 6.07 Å². The van der Waals surface area contributed by atoms with Gasteiger partial charge in [-0.1, -0.05) is 0 Å². The lowest BCUT2D eigenvalue weighted by atomic mass is 10.2. The number of fused-ring (bicyclic) bond motifs is 1. The number of hydrogen-bond acceptors (Lipinski definition) is 4. The maximum atomic E-state index is 12.4. The summed E-state index contributed by atoms with van der Waals surface area (Å²) < 4.78 is 0. The number of hydrogen-bond donors (Lipinski definition) is 0. The summed E-state index contributed by atoms with van der Waals surface area (Å²) in [6.07, 6.45) is 3.94. The van der Waals surface area contributed by atoms with E-state index in [2.05, 4.69) is 0 Å². The highest BCUT2D eigenvalue weighted by Gasteiger charge is 2.22. The SMILES string of the molecule is N#CCCN(CCC#N)C(=O)c1cc2c(s1)CCC2. The largest absolute Gasteiger partial charge is 0.336 e. The Morgan fingerprint density at radius 2 is 1.95 bits per heavy atom. The van der Waals surface area contributed by atoms with Crippen LogP contribution >= 0.6 is 11.3 Å². The maximum absolute atomic E-state index is 12.4. The third kappa shape index (κ3) is 3.13. The van der Waals surface area contributed by atoms with E-state index in [1.807, 2.05) is 18.2 Å². The first-order valence-corrected chi connectivity index (χ1v) is 7.22. The quantitative estimate of drug-likeness (QED) is 0.827. The minimum atomic E-state index is -0.0371. The van der Waals surface area contributed by atoms with Crippen LogP contribution in [0.2, 0.25) is 0 Å². The van der Waals surface area contributed by atoms with E-state index in [4.69, 9.17) is 10.5 Å². The summed E-state index contributed by atoms with van der Waals surface area (Å²) in [5.74, 6) is -0.0371. The molecule has 1 amide bonds. The van der Waals surface area contributed by atoms with E-state index in [1.54, 1.807) is 16.2 Å². The van der Waals surface area contributed by atoms with Crippen LogP contribution in [0.1, 0.15) is 39.4 Å². The standard InChI is InChI=1S/C14H15N3OS/c15-6-2-8-17(9-3-7-16)14(18)13-10-11-4-1-5-12(11)19-13/h10H,1-5,8-9H2. The van der Waals surface area contributed by atoms with Gasteiger partial charge >= 0.3 is 0 Å². The molecule has 1 aromatic heterocycles. The average molecular weight is 273 g/mol. The Balaban J connectivity index is 2.09. The van der Waals surface area contributed by atoms with Gasteiger partial charge in [0.05, 0.1) is 29.9 Å². The molecule has 1 aliphatic rings. The zero-order valence-corrected chi connectivity index (χ0v) is 11.5. The smallest absolute Gasteiger partial charge is 0.264 e. The fraction of sp³-hybridized carbons (Fsp3) is 0.500. The third-order valence-electron chi connectivity index (χ3n) is 3.23. The molecular weight excluding hydrogens is 258 g/mol. The van der Waals surface area contributed by atoms with Gasteiger partial charge in [-0.15, -0.1) is 11.3 Å². The van der Waals surface area contributed by atoms with Gasteiger partial charge in [0.25, 0.3) is 5.91 Å². The van der Waals surface area contributed by atoms with Crippen molar-refractivity contribution in [3.63, 3.8) is 0 Å². The van der Waals surface area contributed by atoms with E-state index in [9.17, 15) is 4.79 Å². The van der Waals surface area contributed by atoms with Gasteiger partial charge in [-0.25, -0.2) is 0 Å². The number of thiophene rings is 1. The van der Waals surface area contributed by atoms with Crippen molar-refractivity contribution >= 4 is 17.2 Å². The first-order valence-electron chi connectivity index (χ1n) is 6.41. The Kier molecular flexibility index (Phi) is 4.54. The summed E-state index contributed by atoms with van der Waals surface area (Å²) >= 11 is 1.57. The molecule has 1 heterocycles. The van der Waals surface area contributed by atoms with Crippen molar-refractivity contribution in [2.24, 2.45) is 0 Å². The molecule has 0 radical (unpaired) electrons. The summed E-state index contributed by atoms with van der Waals surface area (Å²) in [5, 5.41) is 17.3.